The van der Waals surface area contributed by atoms with E-state index in [1.165, 1.54) is 4.57 Å². The Hall–Kier alpha value is -1.98. The van der Waals surface area contributed by atoms with Crippen LogP contribution in [0.1, 0.15) is 0 Å². The minimum absolute atomic E-state index is 0.0138. The van der Waals surface area contributed by atoms with Crippen LogP contribution in [0.4, 0.5) is 0 Å². The molecule has 0 radical (unpaired) electrons. The zero-order valence-electron chi connectivity index (χ0n) is 11.0. The highest BCUT2D eigenvalue weighted by Crippen LogP contribution is 2.28. The molecule has 1 aromatic heterocycles. The molecule has 3 rings (SSSR count). The van der Waals surface area contributed by atoms with Crippen molar-refractivity contribution in [3.63, 3.8) is 0 Å². The molecular formula is C15H16N2O3. The van der Waals surface area contributed by atoms with Crippen LogP contribution in [0.15, 0.2) is 47.4 Å². The summed E-state index contributed by atoms with van der Waals surface area (Å²) in [5, 5.41) is 9.41. The van der Waals surface area contributed by atoms with Crippen LogP contribution in [-0.4, -0.2) is 34.5 Å². The first-order valence-corrected chi connectivity index (χ1v) is 6.54. The van der Waals surface area contributed by atoms with Crippen LogP contribution in [-0.2, 0) is 11.3 Å². The fourth-order valence-corrected chi connectivity index (χ4v) is 2.30. The third kappa shape index (κ3) is 2.37. The molecule has 0 aliphatic carbocycles. The number of nitrogens with zero attached hydrogens (tertiary/aromatic N) is 2. The Morgan fingerprint density at radius 3 is 2.55 bits per heavy atom. The Labute approximate surface area is 116 Å². The number of rotatable bonds is 4. The van der Waals surface area contributed by atoms with Gasteiger partial charge in [-0.25, -0.2) is 4.79 Å². The first-order chi connectivity index (χ1) is 9.72. The summed E-state index contributed by atoms with van der Waals surface area (Å²) in [5.74, 6) is 0. The summed E-state index contributed by atoms with van der Waals surface area (Å²) in [4.78, 5) is 16.2. The molecule has 0 bridgehead atoms. The van der Waals surface area contributed by atoms with Gasteiger partial charge in [0, 0.05) is 18.3 Å². The van der Waals surface area contributed by atoms with E-state index < -0.39 is 0 Å². The number of benzene rings is 1. The maximum Gasteiger partial charge on any atom is 0.348 e. The van der Waals surface area contributed by atoms with E-state index in [1.807, 2.05) is 36.4 Å². The summed E-state index contributed by atoms with van der Waals surface area (Å²) >= 11 is 0. The van der Waals surface area contributed by atoms with E-state index >= 15 is 0 Å². The van der Waals surface area contributed by atoms with Crippen molar-refractivity contribution in [2.75, 3.05) is 19.8 Å². The summed E-state index contributed by atoms with van der Waals surface area (Å²) in [6, 6.07) is 11.4. The average Bonchev–Trinajstić information content (AvgIpc) is 2.45. The van der Waals surface area contributed by atoms with E-state index in [0.717, 1.165) is 5.56 Å². The van der Waals surface area contributed by atoms with Gasteiger partial charge >= 0.3 is 5.69 Å². The van der Waals surface area contributed by atoms with Gasteiger partial charge < -0.3 is 9.84 Å². The van der Waals surface area contributed by atoms with Gasteiger partial charge in [-0.15, -0.1) is 0 Å². The smallest absolute Gasteiger partial charge is 0.348 e. The predicted molar refractivity (Wildman–Crippen MR) is 74.3 cm³/mol. The molecule has 0 atom stereocenters. The van der Waals surface area contributed by atoms with Crippen molar-refractivity contribution >= 4 is 0 Å². The fraction of sp³-hybridized carbons (Fsp3) is 0.333. The highest BCUT2D eigenvalue weighted by molar-refractivity contribution is 5.57. The number of ether oxygens (including phenoxy) is 1. The van der Waals surface area contributed by atoms with Gasteiger partial charge in [0.15, 0.2) is 0 Å². The largest absolute Gasteiger partial charge is 0.396 e. The van der Waals surface area contributed by atoms with Gasteiger partial charge in [-0.2, -0.15) is 4.98 Å². The SMILES string of the molecule is O=c1nc(-c2ccccc2)ccn1CC1(CO)COC1. The molecule has 0 unspecified atom stereocenters. The van der Waals surface area contributed by atoms with E-state index in [4.69, 9.17) is 4.74 Å². The van der Waals surface area contributed by atoms with Gasteiger partial charge in [0.05, 0.1) is 30.9 Å². The molecular weight excluding hydrogens is 256 g/mol. The van der Waals surface area contributed by atoms with Crippen LogP contribution in [0.25, 0.3) is 11.3 Å². The van der Waals surface area contributed by atoms with Crippen molar-refractivity contribution in [1.29, 1.82) is 0 Å². The lowest BCUT2D eigenvalue weighted by molar-refractivity contribution is -0.145. The second kappa shape index (κ2) is 5.19. The predicted octanol–water partition coefficient (Wildman–Crippen LogP) is 0.919. The van der Waals surface area contributed by atoms with Crippen LogP contribution in [0.2, 0.25) is 0 Å². The highest BCUT2D eigenvalue weighted by atomic mass is 16.5. The van der Waals surface area contributed by atoms with Crippen molar-refractivity contribution in [2.24, 2.45) is 5.41 Å². The minimum atomic E-state index is -0.334. The molecule has 5 heteroatoms. The second-order valence-corrected chi connectivity index (χ2v) is 5.24. The second-order valence-electron chi connectivity index (χ2n) is 5.24. The summed E-state index contributed by atoms with van der Waals surface area (Å²) in [6.07, 6.45) is 1.73. The van der Waals surface area contributed by atoms with E-state index in [1.54, 1.807) is 6.20 Å². The number of aromatic nitrogens is 2. The van der Waals surface area contributed by atoms with E-state index in [9.17, 15) is 9.90 Å². The quantitative estimate of drug-likeness (QED) is 0.899. The zero-order valence-corrected chi connectivity index (χ0v) is 11.0. The Balaban J connectivity index is 1.87. The Bertz CT molecular complexity index is 642. The number of aliphatic hydroxyl groups excluding tert-OH is 1. The molecule has 20 heavy (non-hydrogen) atoms. The molecule has 2 aromatic rings. The Kier molecular flexibility index (Phi) is 3.38. The van der Waals surface area contributed by atoms with Gasteiger partial charge in [-0.3, -0.25) is 4.57 Å². The summed E-state index contributed by atoms with van der Waals surface area (Å²) in [7, 11) is 0. The van der Waals surface area contributed by atoms with E-state index in [2.05, 4.69) is 4.98 Å². The lowest BCUT2D eigenvalue weighted by atomic mass is 9.87. The molecule has 5 nitrogen and oxygen atoms in total. The summed E-state index contributed by atoms with van der Waals surface area (Å²) in [5.41, 5.74) is 0.946. The average molecular weight is 272 g/mol. The molecule has 2 heterocycles. The lowest BCUT2D eigenvalue weighted by Crippen LogP contribution is -2.50. The Morgan fingerprint density at radius 1 is 1.25 bits per heavy atom. The molecule has 1 aromatic carbocycles. The van der Waals surface area contributed by atoms with Crippen LogP contribution < -0.4 is 5.69 Å². The van der Waals surface area contributed by atoms with Crippen molar-refractivity contribution in [3.8, 4) is 11.3 Å². The number of hydrogen-bond donors (Lipinski definition) is 1. The number of hydrogen-bond acceptors (Lipinski definition) is 4. The van der Waals surface area contributed by atoms with E-state index in [-0.39, 0.29) is 17.7 Å². The molecule has 1 aliphatic rings. The summed E-state index contributed by atoms with van der Waals surface area (Å²) < 4.78 is 6.67. The molecule has 1 saturated heterocycles. The molecule has 0 saturated carbocycles. The third-order valence-corrected chi connectivity index (χ3v) is 3.60. The van der Waals surface area contributed by atoms with Crippen molar-refractivity contribution < 1.29 is 9.84 Å². The van der Waals surface area contributed by atoms with Gasteiger partial charge in [0.2, 0.25) is 0 Å². The molecule has 104 valence electrons. The van der Waals surface area contributed by atoms with Gasteiger partial charge in [0.1, 0.15) is 0 Å². The van der Waals surface area contributed by atoms with Crippen LogP contribution in [0.3, 0.4) is 0 Å². The maximum atomic E-state index is 12.1. The van der Waals surface area contributed by atoms with Gasteiger partial charge in [0.25, 0.3) is 0 Å². The topological polar surface area (TPSA) is 64.4 Å². The molecule has 1 fully saturated rings. The van der Waals surface area contributed by atoms with Gasteiger partial charge in [-0.05, 0) is 6.07 Å². The van der Waals surface area contributed by atoms with Crippen LogP contribution >= 0.6 is 0 Å². The van der Waals surface area contributed by atoms with Crippen molar-refractivity contribution in [2.45, 2.75) is 6.54 Å². The first kappa shape index (κ1) is 13.0. The standard InChI is InChI=1S/C15H16N2O3/c18-9-15(10-20-11-15)8-17-7-6-13(16-14(17)19)12-4-2-1-3-5-12/h1-7,18H,8-11H2. The fourth-order valence-electron chi connectivity index (χ4n) is 2.30. The Morgan fingerprint density at radius 2 is 2.00 bits per heavy atom. The lowest BCUT2D eigenvalue weighted by Gasteiger charge is -2.39. The van der Waals surface area contributed by atoms with Crippen LogP contribution in [0, 0.1) is 5.41 Å². The van der Waals surface area contributed by atoms with E-state index in [0.29, 0.717) is 25.5 Å². The third-order valence-electron chi connectivity index (χ3n) is 3.60. The number of aliphatic hydroxyl groups is 1. The molecule has 1 N–H and O–H groups in total. The maximum absolute atomic E-state index is 12.1. The van der Waals surface area contributed by atoms with Crippen molar-refractivity contribution in [1.82, 2.24) is 9.55 Å². The van der Waals surface area contributed by atoms with Gasteiger partial charge in [-0.1, -0.05) is 30.3 Å². The van der Waals surface area contributed by atoms with Crippen LogP contribution in [0.5, 0.6) is 0 Å². The molecule has 0 amide bonds. The van der Waals surface area contributed by atoms with Crippen molar-refractivity contribution in [3.05, 3.63) is 53.1 Å². The first-order valence-electron chi connectivity index (χ1n) is 6.54. The normalized spacial score (nSPS) is 16.6. The molecule has 1 aliphatic heterocycles. The zero-order chi connectivity index (χ0) is 14.0. The molecule has 0 spiro atoms. The highest BCUT2D eigenvalue weighted by Gasteiger charge is 2.38. The monoisotopic (exact) mass is 272 g/mol. The minimum Gasteiger partial charge on any atom is -0.396 e. The summed E-state index contributed by atoms with van der Waals surface area (Å²) in [6.45, 7) is 1.41.